The average molecular weight is 1370 g/mol. The Morgan fingerprint density at radius 1 is 0.407 bits per heavy atom. The van der Waals surface area contributed by atoms with Crippen molar-refractivity contribution in [2.45, 2.75) is 45.0 Å². The van der Waals surface area contributed by atoms with E-state index in [9.17, 15) is 90.2 Å². The van der Waals surface area contributed by atoms with Crippen LogP contribution in [0.2, 0.25) is 0 Å². The molecule has 81 heavy (non-hydrogen) atoms. The summed E-state index contributed by atoms with van der Waals surface area (Å²) >= 11 is 0. The van der Waals surface area contributed by atoms with Gasteiger partial charge in [-0.15, -0.1) is 0 Å². The van der Waals surface area contributed by atoms with Crippen molar-refractivity contribution >= 4 is 70.2 Å². The second-order valence-corrected chi connectivity index (χ2v) is 26.9. The number of rotatable bonds is 51. The van der Waals surface area contributed by atoms with Gasteiger partial charge in [0, 0.05) is 6.66 Å². The Morgan fingerprint density at radius 2 is 0.716 bits per heavy atom. The van der Waals surface area contributed by atoms with Gasteiger partial charge in [0.15, 0.2) is 0 Å². The van der Waals surface area contributed by atoms with Gasteiger partial charge in [-0.05, 0) is 47.8 Å². The van der Waals surface area contributed by atoms with Crippen LogP contribution in [0.1, 0.15) is 26.7 Å². The molecule has 42 nitrogen and oxygen atoms in total. The minimum atomic E-state index is -5.18. The Hall–Kier alpha value is 0.750. The van der Waals surface area contributed by atoms with Crippen LogP contribution in [0.15, 0.2) is 0 Å². The molecule has 0 rings (SSSR count). The summed E-state index contributed by atoms with van der Waals surface area (Å²) in [4.78, 5) is 112. The first-order valence-corrected chi connectivity index (χ1v) is 36.2. The van der Waals surface area contributed by atoms with Crippen molar-refractivity contribution in [2.75, 3.05) is 154 Å². The van der Waals surface area contributed by atoms with E-state index in [4.69, 9.17) is 24.0 Å². The molecule has 0 aliphatic carbocycles. The first kappa shape index (κ1) is 86.0. The second-order valence-electron chi connectivity index (χ2n) is 14.2. The maximum absolute atomic E-state index is 12.0. The molecule has 0 bridgehead atoms. The van der Waals surface area contributed by atoms with E-state index in [0.717, 1.165) is 13.6 Å². The predicted molar refractivity (Wildman–Crippen MR) is 252 cm³/mol. The summed E-state index contributed by atoms with van der Waals surface area (Å²) in [6.45, 7) is -7.43. The van der Waals surface area contributed by atoms with Gasteiger partial charge in [-0.25, -0.2) is 0 Å². The van der Waals surface area contributed by atoms with E-state index >= 15 is 0 Å². The molecule has 0 saturated heterocycles. The Balaban J connectivity index is -0.00000209. The molecule has 0 amide bonds. The lowest BCUT2D eigenvalue weighted by Gasteiger charge is -2.30. The highest BCUT2D eigenvalue weighted by molar-refractivity contribution is 7.50. The number of aliphatic hydroxyl groups excluding tert-OH is 2. The van der Waals surface area contributed by atoms with Crippen molar-refractivity contribution in [1.29, 1.82) is 0 Å². The van der Waals surface area contributed by atoms with Crippen molar-refractivity contribution < 1.29 is 182 Å². The van der Waals surface area contributed by atoms with Gasteiger partial charge >= 0.3 is 0 Å². The normalized spacial score (nSPS) is 19.8. The van der Waals surface area contributed by atoms with Crippen LogP contribution in [0.4, 0.5) is 0 Å². The zero-order valence-corrected chi connectivity index (χ0v) is 52.2. The molecule has 0 fully saturated rings. The van der Waals surface area contributed by atoms with E-state index in [1.54, 1.807) is 21.1 Å². The van der Waals surface area contributed by atoms with E-state index in [2.05, 4.69) is 83.8 Å². The van der Waals surface area contributed by atoms with Gasteiger partial charge in [0.2, 0.25) is 0 Å². The SMILES string of the molecule is CC(COP(=O)([O-])O)OP(=O)([O-])OCCOP(C)(=O)[O-].CCOP(=O)([O-])OC(CCOCNC)COP(=O)([O-])OCCOP(=O)([O-])OCCOP(=O)([O-])OCCOP(=O)([O-])OCCOP(=O)([O-])OC(CO)CCOCNC.CNCO. The van der Waals surface area contributed by atoms with Gasteiger partial charge in [0.1, 0.15) is 7.60 Å². The maximum atomic E-state index is 12.0. The smallest absolute Gasteiger partial charge is 0.268 e. The predicted octanol–water partition coefficient (Wildman–Crippen LogP) is -5.38. The number of aliphatic hydroxyl groups is 2. The van der Waals surface area contributed by atoms with Crippen molar-refractivity contribution in [3.63, 3.8) is 0 Å². The molecule has 0 saturated carbocycles. The summed E-state index contributed by atoms with van der Waals surface area (Å²) in [5.41, 5.74) is 0. The van der Waals surface area contributed by atoms with Crippen molar-refractivity contribution in [2.24, 2.45) is 0 Å². The number of hydrogen-bond acceptors (Lipinski definition) is 41. The minimum absolute atomic E-state index is 0.0135. The van der Waals surface area contributed by atoms with Crippen molar-refractivity contribution in [3.8, 4) is 0 Å². The standard InChI is InChI=1S/C22H54N2O27P6.C6H17O11P3.C2H7NO/c1-4-40-56(34,35)51-22(6-8-39-20-24-3)18-49-55(32,33)47-14-13-45-53(28,29)43-10-9-41-52(26,27)42-11-12-44-54(30,31)46-15-16-48-57(36,37)50-21(17-25)5-7-38-19-23-2;1-6(5-16-19(9,10)11)17-20(12,13)15-4-3-14-18(2,7)8;1-3-2-4/h21-25H,4-20H2,1-3H3,(H,26,27)(H,28,29)(H,30,31)(H,32,33)(H,34,35)(H,36,37);6H,3-5H2,1-2H3,(H,7,8)(H,12,13)(H2,9,10,11);3-4H,2H2,1H3/p-9. The molecule has 0 aromatic heterocycles. The summed E-state index contributed by atoms with van der Waals surface area (Å²) in [5.74, 6) is 0. The van der Waals surface area contributed by atoms with E-state index in [-0.39, 0.29) is 52.9 Å². The van der Waals surface area contributed by atoms with Gasteiger partial charge in [-0.3, -0.25) is 52.5 Å². The highest BCUT2D eigenvalue weighted by Gasteiger charge is 2.23. The molecule has 0 aromatic rings. The molecule has 0 aromatic carbocycles. The molecule has 0 heterocycles. The van der Waals surface area contributed by atoms with E-state index in [1.165, 1.54) is 6.92 Å². The van der Waals surface area contributed by atoms with Crippen LogP contribution in [0, 0.1) is 0 Å². The van der Waals surface area contributed by atoms with Crippen LogP contribution in [0.25, 0.3) is 0 Å². The third kappa shape index (κ3) is 59.5. The molecular weight excluding hydrogens is 1310 g/mol. The average Bonchev–Trinajstić information content (AvgIpc) is 3.34. The van der Waals surface area contributed by atoms with E-state index in [0.29, 0.717) is 0 Å². The first-order valence-electron chi connectivity index (χ1n) is 22.5. The molecule has 12 atom stereocenters. The molecule has 0 aliphatic rings. The fraction of sp³-hybridized carbons (Fsp3) is 1.00. The van der Waals surface area contributed by atoms with Crippen LogP contribution in [0.3, 0.4) is 0 Å². The van der Waals surface area contributed by atoms with Crippen LogP contribution in [-0.2, 0) is 123 Å². The van der Waals surface area contributed by atoms with Gasteiger partial charge in [0.05, 0.1) is 144 Å². The minimum Gasteiger partial charge on any atom is -0.779 e. The summed E-state index contributed by atoms with van der Waals surface area (Å²) in [6, 6.07) is 0. The first-order chi connectivity index (χ1) is 37.2. The third-order valence-corrected chi connectivity index (χ3v) is 15.4. The van der Waals surface area contributed by atoms with Gasteiger partial charge in [0.25, 0.3) is 62.6 Å². The zero-order valence-electron chi connectivity index (χ0n) is 44.1. The van der Waals surface area contributed by atoms with E-state index < -0.39 is 174 Å². The van der Waals surface area contributed by atoms with Crippen LogP contribution < -0.4 is 60.0 Å². The summed E-state index contributed by atoms with van der Waals surface area (Å²) < 4.78 is 184. The lowest BCUT2D eigenvalue weighted by molar-refractivity contribution is -0.240. The Kier molecular flexibility index (Phi) is 48.7. The highest BCUT2D eigenvalue weighted by Crippen LogP contribution is 2.46. The number of phosphoric acid groups is 8. The fourth-order valence-corrected chi connectivity index (χ4v) is 10.3. The highest BCUT2D eigenvalue weighted by atomic mass is 31.2. The fourth-order valence-electron chi connectivity index (χ4n) is 4.05. The number of hydrogen-bond donors (Lipinski definition) is 6. The monoisotopic (exact) mass is 1370 g/mol. The Bertz CT molecular complexity index is 2070. The lowest BCUT2D eigenvalue weighted by atomic mass is 10.3. The third-order valence-electron chi connectivity index (χ3n) is 7.05. The molecule has 12 unspecified atom stereocenters. The summed E-state index contributed by atoms with van der Waals surface area (Å²) in [6.07, 6.45) is -3.98. The number of phosphoric ester groups is 8. The van der Waals surface area contributed by atoms with Gasteiger partial charge in [-0.2, -0.15) is 0 Å². The zero-order chi connectivity index (χ0) is 62.9. The van der Waals surface area contributed by atoms with Crippen LogP contribution in [-0.4, -0.2) is 187 Å². The van der Waals surface area contributed by atoms with Crippen LogP contribution in [0.5, 0.6) is 0 Å². The molecular formula is C30H69N3O39P9-9. The maximum Gasteiger partial charge on any atom is 0.268 e. The molecule has 0 radical (unpaired) electrons. The molecule has 6 N–H and O–H groups in total. The topological polar surface area (TPSA) is 624 Å². The summed E-state index contributed by atoms with van der Waals surface area (Å²) in [7, 11) is -39.3. The Morgan fingerprint density at radius 3 is 1.04 bits per heavy atom. The van der Waals surface area contributed by atoms with E-state index in [1.807, 2.05) is 0 Å². The molecule has 0 aliphatic heterocycles. The van der Waals surface area contributed by atoms with Gasteiger partial charge in [-0.1, -0.05) is 0 Å². The lowest BCUT2D eigenvalue weighted by Crippen LogP contribution is -2.26. The second kappa shape index (κ2) is 45.9. The molecule has 0 spiro atoms. The molecule has 51 heteroatoms. The van der Waals surface area contributed by atoms with Gasteiger partial charge < -0.3 is 146 Å². The molecule has 492 valence electrons. The number of nitrogens with one attached hydrogen (secondary N) is 3. The quantitative estimate of drug-likeness (QED) is 0.0188. The van der Waals surface area contributed by atoms with Crippen LogP contribution >= 0.6 is 70.2 Å². The van der Waals surface area contributed by atoms with Crippen molar-refractivity contribution in [3.05, 3.63) is 0 Å². The number of ether oxygens (including phenoxy) is 2. The largest absolute Gasteiger partial charge is 0.779 e. The van der Waals surface area contributed by atoms with Crippen molar-refractivity contribution in [1.82, 2.24) is 16.0 Å². The summed E-state index contributed by atoms with van der Waals surface area (Å²) in [5, 5.41) is 24.8. The Labute approximate surface area is 465 Å².